The van der Waals surface area contributed by atoms with Crippen LogP contribution in [-0.2, 0) is 26.3 Å². The van der Waals surface area contributed by atoms with Gasteiger partial charge in [0.2, 0.25) is 10.0 Å². The molecule has 2 atom stereocenters. The van der Waals surface area contributed by atoms with Crippen molar-refractivity contribution in [3.63, 3.8) is 0 Å². The second-order valence-corrected chi connectivity index (χ2v) is 10.1. The van der Waals surface area contributed by atoms with Crippen LogP contribution in [0.2, 0.25) is 0 Å². The Morgan fingerprint density at radius 1 is 1.24 bits per heavy atom. The Morgan fingerprint density at radius 3 is 2.62 bits per heavy atom. The van der Waals surface area contributed by atoms with Crippen molar-refractivity contribution in [3.8, 4) is 0 Å². The molecule has 2 aliphatic heterocycles. The average Bonchev–Trinajstić information content (AvgIpc) is 2.78. The zero-order chi connectivity index (χ0) is 15.3. The van der Waals surface area contributed by atoms with Gasteiger partial charge < -0.3 is 5.73 Å². The number of fused-ring (bicyclic) bond motifs is 1. The van der Waals surface area contributed by atoms with E-state index in [1.807, 2.05) is 12.1 Å². The molecule has 1 aromatic carbocycles. The minimum absolute atomic E-state index is 0.0571. The van der Waals surface area contributed by atoms with Gasteiger partial charge in [0.1, 0.15) is 0 Å². The Morgan fingerprint density at radius 2 is 1.95 bits per heavy atom. The van der Waals surface area contributed by atoms with E-state index >= 15 is 0 Å². The van der Waals surface area contributed by atoms with Crippen LogP contribution in [0, 0.1) is 0 Å². The summed E-state index contributed by atoms with van der Waals surface area (Å²) in [5, 5.41) is -0.860. The molecule has 1 saturated heterocycles. The molecule has 3 rings (SSSR count). The molecule has 0 bridgehead atoms. The van der Waals surface area contributed by atoms with E-state index in [9.17, 15) is 16.8 Å². The van der Waals surface area contributed by atoms with Crippen LogP contribution in [0.15, 0.2) is 24.3 Å². The molecule has 21 heavy (non-hydrogen) atoms. The number of rotatable bonds is 2. The molecule has 1 aromatic rings. The van der Waals surface area contributed by atoms with Crippen molar-refractivity contribution < 1.29 is 16.8 Å². The number of anilines is 1. The number of nitrogens with zero attached hydrogens (tertiary/aromatic N) is 1. The lowest BCUT2D eigenvalue weighted by molar-refractivity contribution is 0.564. The maximum atomic E-state index is 12.8. The Labute approximate surface area is 124 Å². The van der Waals surface area contributed by atoms with Crippen LogP contribution in [0.25, 0.3) is 0 Å². The molecule has 2 heterocycles. The fraction of sp³-hybridized carbons (Fsp3) is 0.538. The van der Waals surface area contributed by atoms with Crippen molar-refractivity contribution in [1.82, 2.24) is 0 Å². The standard InChI is InChI=1S/C13H18N2O4S2/c14-11-7-10-3-1-2-4-13(10)15(8-11)21(18,19)12-5-6-20(16,17)9-12/h1-4,11-12H,5-9,14H2. The summed E-state index contributed by atoms with van der Waals surface area (Å²) in [6.45, 7) is 0.204. The van der Waals surface area contributed by atoms with E-state index in [1.165, 1.54) is 4.31 Å². The molecular formula is C13H18N2O4S2. The average molecular weight is 330 g/mol. The number of sulfone groups is 1. The van der Waals surface area contributed by atoms with Gasteiger partial charge in [-0.15, -0.1) is 0 Å². The molecule has 2 unspecified atom stereocenters. The van der Waals surface area contributed by atoms with Crippen LogP contribution in [0.1, 0.15) is 12.0 Å². The van der Waals surface area contributed by atoms with Crippen molar-refractivity contribution in [3.05, 3.63) is 29.8 Å². The van der Waals surface area contributed by atoms with Crippen molar-refractivity contribution in [2.75, 3.05) is 22.4 Å². The minimum atomic E-state index is -3.70. The summed E-state index contributed by atoms with van der Waals surface area (Å²) in [6, 6.07) is 6.98. The zero-order valence-corrected chi connectivity index (χ0v) is 13.1. The Kier molecular flexibility index (Phi) is 3.50. The highest BCUT2D eigenvalue weighted by Crippen LogP contribution is 2.32. The Balaban J connectivity index is 2.00. The first-order chi connectivity index (χ1) is 9.79. The molecule has 0 aliphatic carbocycles. The number of nitrogens with two attached hydrogens (primary N) is 1. The topological polar surface area (TPSA) is 97.5 Å². The third kappa shape index (κ3) is 2.67. The van der Waals surface area contributed by atoms with Crippen LogP contribution in [0.3, 0.4) is 0 Å². The summed E-state index contributed by atoms with van der Waals surface area (Å²) in [5.41, 5.74) is 7.48. The summed E-state index contributed by atoms with van der Waals surface area (Å²) in [4.78, 5) is 0. The van der Waals surface area contributed by atoms with Crippen LogP contribution >= 0.6 is 0 Å². The van der Waals surface area contributed by atoms with Gasteiger partial charge in [-0.05, 0) is 24.5 Å². The number of benzene rings is 1. The van der Waals surface area contributed by atoms with Gasteiger partial charge in [-0.2, -0.15) is 0 Å². The first-order valence-corrected chi connectivity index (χ1v) is 10.2. The van der Waals surface area contributed by atoms with Gasteiger partial charge in [0.25, 0.3) is 0 Å². The summed E-state index contributed by atoms with van der Waals surface area (Å²) >= 11 is 0. The molecule has 0 radical (unpaired) electrons. The van der Waals surface area contributed by atoms with Crippen molar-refractivity contribution in [2.45, 2.75) is 24.1 Å². The van der Waals surface area contributed by atoms with E-state index in [-0.39, 0.29) is 30.5 Å². The summed E-state index contributed by atoms with van der Waals surface area (Å²) in [6.07, 6.45) is 0.795. The fourth-order valence-electron chi connectivity index (χ4n) is 3.00. The number of hydrogen-bond donors (Lipinski definition) is 1. The van der Waals surface area contributed by atoms with Gasteiger partial charge in [-0.25, -0.2) is 16.8 Å². The monoisotopic (exact) mass is 330 g/mol. The largest absolute Gasteiger partial charge is 0.326 e. The molecular weight excluding hydrogens is 312 g/mol. The molecule has 0 aromatic heterocycles. The predicted molar refractivity (Wildman–Crippen MR) is 81.4 cm³/mol. The smallest absolute Gasteiger partial charge is 0.239 e. The third-order valence-electron chi connectivity index (χ3n) is 4.06. The van der Waals surface area contributed by atoms with E-state index in [2.05, 4.69) is 0 Å². The number of para-hydroxylation sites is 1. The van der Waals surface area contributed by atoms with Gasteiger partial charge in [0.15, 0.2) is 9.84 Å². The maximum absolute atomic E-state index is 12.8. The molecule has 0 saturated carbocycles. The first kappa shape index (κ1) is 14.8. The molecule has 2 aliphatic rings. The number of sulfonamides is 1. The third-order valence-corrected chi connectivity index (χ3v) is 8.25. The van der Waals surface area contributed by atoms with E-state index in [4.69, 9.17) is 5.73 Å². The molecule has 0 amide bonds. The fourth-order valence-corrected chi connectivity index (χ4v) is 7.63. The van der Waals surface area contributed by atoms with Gasteiger partial charge in [-0.3, -0.25) is 4.31 Å². The highest BCUT2D eigenvalue weighted by atomic mass is 32.2. The van der Waals surface area contributed by atoms with Crippen molar-refractivity contribution in [1.29, 1.82) is 0 Å². The quantitative estimate of drug-likeness (QED) is 0.816. The van der Waals surface area contributed by atoms with Crippen LogP contribution < -0.4 is 10.0 Å². The lowest BCUT2D eigenvalue weighted by atomic mass is 10.0. The second-order valence-electron chi connectivity index (χ2n) is 5.69. The molecule has 2 N–H and O–H groups in total. The van der Waals surface area contributed by atoms with E-state index < -0.39 is 25.1 Å². The minimum Gasteiger partial charge on any atom is -0.326 e. The van der Waals surface area contributed by atoms with Gasteiger partial charge in [-0.1, -0.05) is 18.2 Å². The van der Waals surface area contributed by atoms with Crippen molar-refractivity contribution >= 4 is 25.5 Å². The normalized spacial score (nSPS) is 28.3. The first-order valence-electron chi connectivity index (χ1n) is 6.85. The van der Waals surface area contributed by atoms with E-state index in [0.29, 0.717) is 12.1 Å². The molecule has 8 heteroatoms. The summed E-state index contributed by atoms with van der Waals surface area (Å²) < 4.78 is 50.0. The lowest BCUT2D eigenvalue weighted by Gasteiger charge is -2.35. The molecule has 1 fully saturated rings. The van der Waals surface area contributed by atoms with Crippen LogP contribution in [0.5, 0.6) is 0 Å². The predicted octanol–water partition coefficient (Wildman–Crippen LogP) is -0.107. The Hall–Kier alpha value is -1.12. The van der Waals surface area contributed by atoms with Crippen LogP contribution in [0.4, 0.5) is 5.69 Å². The summed E-state index contributed by atoms with van der Waals surface area (Å²) in [5.74, 6) is -0.346. The lowest BCUT2D eigenvalue weighted by Crippen LogP contribution is -2.49. The maximum Gasteiger partial charge on any atom is 0.239 e. The van der Waals surface area contributed by atoms with Gasteiger partial charge in [0.05, 0.1) is 22.4 Å². The van der Waals surface area contributed by atoms with Gasteiger partial charge >= 0.3 is 0 Å². The number of hydrogen-bond acceptors (Lipinski definition) is 5. The molecule has 6 nitrogen and oxygen atoms in total. The molecule has 116 valence electrons. The zero-order valence-electron chi connectivity index (χ0n) is 11.5. The highest BCUT2D eigenvalue weighted by molar-refractivity contribution is 7.97. The Bertz CT molecular complexity index is 758. The van der Waals surface area contributed by atoms with E-state index in [0.717, 1.165) is 5.56 Å². The second kappa shape index (κ2) is 4.96. The SMILES string of the molecule is NC1Cc2ccccc2N(S(=O)(=O)C2CCS(=O)(=O)C2)C1. The van der Waals surface area contributed by atoms with Gasteiger partial charge in [0, 0.05) is 12.6 Å². The van der Waals surface area contributed by atoms with Crippen LogP contribution in [-0.4, -0.2) is 46.2 Å². The van der Waals surface area contributed by atoms with Crippen molar-refractivity contribution in [2.24, 2.45) is 5.73 Å². The summed E-state index contributed by atoms with van der Waals surface area (Å²) in [7, 11) is -6.95. The molecule has 0 spiro atoms. The van der Waals surface area contributed by atoms with E-state index in [1.54, 1.807) is 12.1 Å². The highest BCUT2D eigenvalue weighted by Gasteiger charge is 2.42.